The van der Waals surface area contributed by atoms with Crippen LogP contribution in [0, 0.1) is 5.82 Å². The molecule has 8 heteroatoms. The Bertz CT molecular complexity index is 636. The Morgan fingerprint density at radius 3 is 2.54 bits per heavy atom. The van der Waals surface area contributed by atoms with Gasteiger partial charge in [-0.1, -0.05) is 30.5 Å². The van der Waals surface area contributed by atoms with Gasteiger partial charge in [0.2, 0.25) is 5.91 Å². The van der Waals surface area contributed by atoms with Gasteiger partial charge in [0.25, 0.3) is 0 Å². The molecule has 1 aromatic carbocycles. The molecule has 146 valence electrons. The van der Waals surface area contributed by atoms with Gasteiger partial charge in [-0.3, -0.25) is 4.79 Å². The molecule has 1 N–H and O–H groups in total. The molecule has 1 saturated carbocycles. The number of nitrogens with one attached hydrogen (secondary N) is 1. The molecule has 1 amide bonds. The maximum atomic E-state index is 13.7. The van der Waals surface area contributed by atoms with Crippen LogP contribution >= 0.6 is 35.6 Å². The molecule has 0 aromatic heterocycles. The number of likely N-dealkylation sites (N-methyl/N-ethyl adjacent to an activating group) is 1. The quantitative estimate of drug-likeness (QED) is 0.386. The molecule has 1 aromatic rings. The van der Waals surface area contributed by atoms with Crippen LogP contribution in [-0.4, -0.2) is 55.4 Å². The lowest BCUT2D eigenvalue weighted by Crippen LogP contribution is -2.43. The molecular formula is C18H27ClFIN4O. The van der Waals surface area contributed by atoms with E-state index >= 15 is 0 Å². The summed E-state index contributed by atoms with van der Waals surface area (Å²) in [4.78, 5) is 19.7. The van der Waals surface area contributed by atoms with E-state index < -0.39 is 5.82 Å². The molecule has 1 fully saturated rings. The summed E-state index contributed by atoms with van der Waals surface area (Å²) < 4.78 is 13.7. The minimum atomic E-state index is -0.433. The molecule has 0 heterocycles. The maximum Gasteiger partial charge on any atom is 0.243 e. The normalized spacial score (nSPS) is 14.7. The lowest BCUT2D eigenvalue weighted by Gasteiger charge is -2.25. The average Bonchev–Trinajstić information content (AvgIpc) is 3.07. The van der Waals surface area contributed by atoms with Gasteiger partial charge in [0.1, 0.15) is 12.4 Å². The van der Waals surface area contributed by atoms with Crippen molar-refractivity contribution in [1.29, 1.82) is 0 Å². The second kappa shape index (κ2) is 10.9. The summed E-state index contributed by atoms with van der Waals surface area (Å²) in [6.45, 7) is 0.560. The van der Waals surface area contributed by atoms with E-state index in [9.17, 15) is 9.18 Å². The fourth-order valence-electron chi connectivity index (χ4n) is 2.80. The Labute approximate surface area is 177 Å². The first kappa shape index (κ1) is 23.0. The molecule has 0 atom stereocenters. The number of nitrogens with zero attached hydrogens (tertiary/aromatic N) is 3. The first-order valence-electron chi connectivity index (χ1n) is 8.53. The highest BCUT2D eigenvalue weighted by Gasteiger charge is 2.19. The van der Waals surface area contributed by atoms with Crippen LogP contribution < -0.4 is 5.32 Å². The number of carbonyl (C=O) groups excluding carboxylic acids is 1. The van der Waals surface area contributed by atoms with Gasteiger partial charge in [0, 0.05) is 33.7 Å². The second-order valence-corrected chi connectivity index (χ2v) is 7.07. The zero-order chi connectivity index (χ0) is 18.4. The Morgan fingerprint density at radius 2 is 1.96 bits per heavy atom. The zero-order valence-electron chi connectivity index (χ0n) is 15.5. The van der Waals surface area contributed by atoms with Crippen LogP contribution in [0.2, 0.25) is 5.02 Å². The molecule has 0 saturated heterocycles. The molecule has 26 heavy (non-hydrogen) atoms. The first-order chi connectivity index (χ1) is 11.9. The summed E-state index contributed by atoms with van der Waals surface area (Å²) in [5.74, 6) is 0.173. The van der Waals surface area contributed by atoms with Gasteiger partial charge in [-0.2, -0.15) is 0 Å². The third kappa shape index (κ3) is 6.90. The topological polar surface area (TPSA) is 47.9 Å². The zero-order valence-corrected chi connectivity index (χ0v) is 18.6. The van der Waals surface area contributed by atoms with E-state index in [1.165, 1.54) is 23.8 Å². The maximum absolute atomic E-state index is 13.7. The number of guanidine groups is 1. The molecule has 0 spiro atoms. The van der Waals surface area contributed by atoms with Crippen LogP contribution in [0.5, 0.6) is 0 Å². The summed E-state index contributed by atoms with van der Waals surface area (Å²) in [6, 6.07) is 5.14. The van der Waals surface area contributed by atoms with Crippen LogP contribution in [-0.2, 0) is 11.3 Å². The van der Waals surface area contributed by atoms with Crippen LogP contribution in [0.15, 0.2) is 23.2 Å². The van der Waals surface area contributed by atoms with Crippen molar-refractivity contribution in [3.05, 3.63) is 34.6 Å². The van der Waals surface area contributed by atoms with Crippen molar-refractivity contribution in [3.63, 3.8) is 0 Å². The molecule has 0 unspecified atom stereocenters. The predicted octanol–water partition coefficient (Wildman–Crippen LogP) is 3.51. The van der Waals surface area contributed by atoms with E-state index in [0.717, 1.165) is 18.4 Å². The number of hydrogen-bond donors (Lipinski definition) is 1. The summed E-state index contributed by atoms with van der Waals surface area (Å²) in [7, 11) is 5.30. The molecule has 0 bridgehead atoms. The van der Waals surface area contributed by atoms with Crippen molar-refractivity contribution >= 4 is 47.4 Å². The number of benzene rings is 1. The van der Waals surface area contributed by atoms with Crippen molar-refractivity contribution in [2.45, 2.75) is 38.3 Å². The molecule has 1 aliphatic carbocycles. The number of rotatable bonds is 5. The minimum absolute atomic E-state index is 0. The molecular weight excluding hydrogens is 470 g/mol. The van der Waals surface area contributed by atoms with Crippen LogP contribution in [0.3, 0.4) is 0 Å². The van der Waals surface area contributed by atoms with Crippen molar-refractivity contribution in [1.82, 2.24) is 15.1 Å². The smallest absolute Gasteiger partial charge is 0.243 e. The summed E-state index contributed by atoms with van der Waals surface area (Å²) in [5.41, 5.74) is 0.796. The van der Waals surface area contributed by atoms with Crippen molar-refractivity contribution in [2.24, 2.45) is 4.99 Å². The number of amides is 1. The highest BCUT2D eigenvalue weighted by atomic mass is 127. The Hall–Kier alpha value is -1.09. The lowest BCUT2D eigenvalue weighted by molar-refractivity contribution is -0.127. The van der Waals surface area contributed by atoms with E-state index in [-0.39, 0.29) is 41.5 Å². The van der Waals surface area contributed by atoms with Gasteiger partial charge >= 0.3 is 0 Å². The summed E-state index contributed by atoms with van der Waals surface area (Å²) >= 11 is 5.74. The Balaban J connectivity index is 0.00000338. The van der Waals surface area contributed by atoms with Gasteiger partial charge < -0.3 is 15.1 Å². The highest BCUT2D eigenvalue weighted by molar-refractivity contribution is 14.0. The van der Waals surface area contributed by atoms with Gasteiger partial charge in [-0.05, 0) is 30.5 Å². The number of halogens is 3. The molecule has 5 nitrogen and oxygen atoms in total. The van der Waals surface area contributed by atoms with E-state index in [1.54, 1.807) is 26.2 Å². The van der Waals surface area contributed by atoms with Gasteiger partial charge in [-0.15, -0.1) is 24.0 Å². The molecule has 1 aliphatic rings. The highest BCUT2D eigenvalue weighted by Crippen LogP contribution is 2.19. The Kier molecular flexibility index (Phi) is 9.63. The standard InChI is InChI=1S/C18H26ClFN4O.HI/c1-23(2)17(25)11-21-18(22-14-6-4-5-7-14)24(3)12-13-8-9-15(19)16(20)10-13;/h8-10,14H,4-7,11-12H2,1-3H3,(H,21,22);1H. The second-order valence-electron chi connectivity index (χ2n) is 6.66. The van der Waals surface area contributed by atoms with E-state index in [0.29, 0.717) is 18.5 Å². The van der Waals surface area contributed by atoms with Gasteiger partial charge in [0.05, 0.1) is 5.02 Å². The van der Waals surface area contributed by atoms with Crippen molar-refractivity contribution < 1.29 is 9.18 Å². The SMILES string of the molecule is CN(C)C(=O)CN=C(NC1CCCC1)N(C)Cc1ccc(Cl)c(F)c1.I. The first-order valence-corrected chi connectivity index (χ1v) is 8.91. The van der Waals surface area contributed by atoms with Gasteiger partial charge in [0.15, 0.2) is 5.96 Å². The monoisotopic (exact) mass is 496 g/mol. The van der Waals surface area contributed by atoms with E-state index in [2.05, 4.69) is 10.3 Å². The molecule has 2 rings (SSSR count). The number of carbonyl (C=O) groups is 1. The molecule has 0 aliphatic heterocycles. The summed E-state index contributed by atoms with van der Waals surface area (Å²) in [6.07, 6.45) is 4.61. The fourth-order valence-corrected chi connectivity index (χ4v) is 2.92. The fraction of sp³-hybridized carbons (Fsp3) is 0.556. The van der Waals surface area contributed by atoms with E-state index in [1.807, 2.05) is 11.9 Å². The van der Waals surface area contributed by atoms with Crippen LogP contribution in [0.4, 0.5) is 4.39 Å². The van der Waals surface area contributed by atoms with E-state index in [4.69, 9.17) is 11.6 Å². The third-order valence-electron chi connectivity index (χ3n) is 4.32. The lowest BCUT2D eigenvalue weighted by atomic mass is 10.2. The van der Waals surface area contributed by atoms with Crippen LogP contribution in [0.1, 0.15) is 31.2 Å². The average molecular weight is 497 g/mol. The molecule has 0 radical (unpaired) electrons. The van der Waals surface area contributed by atoms with Crippen molar-refractivity contribution in [2.75, 3.05) is 27.7 Å². The predicted molar refractivity (Wildman–Crippen MR) is 115 cm³/mol. The number of aliphatic imine (C=N–C) groups is 1. The number of hydrogen-bond acceptors (Lipinski definition) is 2. The largest absolute Gasteiger partial charge is 0.353 e. The van der Waals surface area contributed by atoms with Gasteiger partial charge in [-0.25, -0.2) is 9.38 Å². The van der Waals surface area contributed by atoms with Crippen molar-refractivity contribution in [3.8, 4) is 0 Å². The third-order valence-corrected chi connectivity index (χ3v) is 4.62. The Morgan fingerprint density at radius 1 is 1.31 bits per heavy atom. The summed E-state index contributed by atoms with van der Waals surface area (Å²) in [5, 5.41) is 3.55. The minimum Gasteiger partial charge on any atom is -0.353 e. The van der Waals surface area contributed by atoms with Crippen LogP contribution in [0.25, 0.3) is 0 Å².